The first-order valence-electron chi connectivity index (χ1n) is 6.22. The Balaban J connectivity index is 2.38. The van der Waals surface area contributed by atoms with E-state index in [9.17, 15) is 19.1 Å². The van der Waals surface area contributed by atoms with E-state index in [4.69, 9.17) is 0 Å². The molecule has 1 amide bonds. The Bertz CT molecular complexity index is 737. The second-order valence-electron chi connectivity index (χ2n) is 4.71. The van der Waals surface area contributed by atoms with Crippen LogP contribution in [0.25, 0.3) is 0 Å². The molecule has 0 unspecified atom stereocenters. The molecule has 2 N–H and O–H groups in total. The number of hydrogen-bond acceptors (Lipinski definition) is 3. The molecule has 1 aromatic heterocycles. The largest absolute Gasteiger partial charge is 0.478 e. The number of anilines is 1. The Labute approximate surface area is 125 Å². The summed E-state index contributed by atoms with van der Waals surface area (Å²) in [5, 5.41) is 12.1. The second kappa shape index (κ2) is 5.65. The van der Waals surface area contributed by atoms with E-state index in [1.165, 1.54) is 23.5 Å². The van der Waals surface area contributed by atoms with Gasteiger partial charge in [0.15, 0.2) is 0 Å². The molecule has 0 saturated heterocycles. The van der Waals surface area contributed by atoms with Gasteiger partial charge in [0.05, 0.1) is 5.56 Å². The molecule has 21 heavy (non-hydrogen) atoms. The number of aromatic carboxylic acids is 1. The van der Waals surface area contributed by atoms with Gasteiger partial charge in [-0.15, -0.1) is 11.3 Å². The first-order valence-corrected chi connectivity index (χ1v) is 7.03. The molecule has 0 aliphatic heterocycles. The van der Waals surface area contributed by atoms with Crippen LogP contribution < -0.4 is 5.32 Å². The van der Waals surface area contributed by atoms with E-state index < -0.39 is 17.7 Å². The third kappa shape index (κ3) is 2.95. The molecule has 0 saturated carbocycles. The number of carboxylic acids is 1. The summed E-state index contributed by atoms with van der Waals surface area (Å²) < 4.78 is 13.3. The van der Waals surface area contributed by atoms with Crippen molar-refractivity contribution < 1.29 is 19.1 Å². The van der Waals surface area contributed by atoms with Crippen LogP contribution in [0.3, 0.4) is 0 Å². The number of carboxylic acid groups (broad SMARTS) is 1. The highest BCUT2D eigenvalue weighted by molar-refractivity contribution is 7.16. The van der Waals surface area contributed by atoms with Crippen molar-refractivity contribution in [2.75, 3.05) is 5.32 Å². The van der Waals surface area contributed by atoms with E-state index in [0.29, 0.717) is 11.1 Å². The van der Waals surface area contributed by atoms with Crippen LogP contribution >= 0.6 is 11.3 Å². The number of amides is 1. The Morgan fingerprint density at radius 2 is 1.90 bits per heavy atom. The smallest absolute Gasteiger partial charge is 0.338 e. The SMILES string of the molecule is Cc1ccc(F)cc1C(=O)Nc1sc(C)c(C)c1C(=O)O. The van der Waals surface area contributed by atoms with Gasteiger partial charge in [-0.2, -0.15) is 0 Å². The van der Waals surface area contributed by atoms with Crippen LogP contribution in [-0.2, 0) is 0 Å². The Morgan fingerprint density at radius 3 is 2.52 bits per heavy atom. The van der Waals surface area contributed by atoms with Gasteiger partial charge < -0.3 is 10.4 Å². The fourth-order valence-electron chi connectivity index (χ4n) is 1.98. The summed E-state index contributed by atoms with van der Waals surface area (Å²) in [4.78, 5) is 24.3. The van der Waals surface area contributed by atoms with Crippen molar-refractivity contribution in [3.05, 3.63) is 51.1 Å². The van der Waals surface area contributed by atoms with Crippen LogP contribution in [0.4, 0.5) is 9.39 Å². The van der Waals surface area contributed by atoms with E-state index in [0.717, 1.165) is 10.9 Å². The van der Waals surface area contributed by atoms with Crippen LogP contribution in [0, 0.1) is 26.6 Å². The zero-order chi connectivity index (χ0) is 15.7. The van der Waals surface area contributed by atoms with Crippen molar-refractivity contribution in [2.24, 2.45) is 0 Å². The number of benzene rings is 1. The monoisotopic (exact) mass is 307 g/mol. The van der Waals surface area contributed by atoms with E-state index in [-0.39, 0.29) is 16.1 Å². The number of carbonyl (C=O) groups is 2. The summed E-state index contributed by atoms with van der Waals surface area (Å²) >= 11 is 1.20. The molecule has 110 valence electrons. The molecule has 4 nitrogen and oxygen atoms in total. The summed E-state index contributed by atoms with van der Waals surface area (Å²) in [5.41, 5.74) is 1.52. The molecule has 1 aromatic carbocycles. The summed E-state index contributed by atoms with van der Waals surface area (Å²) in [6.45, 7) is 5.17. The molecule has 2 aromatic rings. The molecule has 0 atom stereocenters. The van der Waals surface area contributed by atoms with E-state index in [1.54, 1.807) is 20.8 Å². The Morgan fingerprint density at radius 1 is 1.24 bits per heavy atom. The molecule has 0 radical (unpaired) electrons. The normalized spacial score (nSPS) is 10.5. The van der Waals surface area contributed by atoms with Gasteiger partial charge in [-0.1, -0.05) is 6.07 Å². The second-order valence-corrected chi connectivity index (χ2v) is 5.93. The summed E-state index contributed by atoms with van der Waals surface area (Å²) in [7, 11) is 0. The van der Waals surface area contributed by atoms with E-state index in [2.05, 4.69) is 5.32 Å². The Hall–Kier alpha value is -2.21. The number of hydrogen-bond donors (Lipinski definition) is 2. The first-order chi connectivity index (χ1) is 9.81. The van der Waals surface area contributed by atoms with Gasteiger partial charge >= 0.3 is 5.97 Å². The van der Waals surface area contributed by atoms with Crippen LogP contribution in [-0.4, -0.2) is 17.0 Å². The minimum Gasteiger partial charge on any atom is -0.478 e. The van der Waals surface area contributed by atoms with Crippen molar-refractivity contribution in [2.45, 2.75) is 20.8 Å². The van der Waals surface area contributed by atoms with Gasteiger partial charge in [0, 0.05) is 10.4 Å². The highest BCUT2D eigenvalue weighted by Crippen LogP contribution is 2.32. The predicted molar refractivity (Wildman–Crippen MR) is 79.8 cm³/mol. The highest BCUT2D eigenvalue weighted by atomic mass is 32.1. The van der Waals surface area contributed by atoms with E-state index >= 15 is 0 Å². The minimum atomic E-state index is -1.09. The number of carbonyl (C=O) groups excluding carboxylic acids is 1. The van der Waals surface area contributed by atoms with Crippen molar-refractivity contribution >= 4 is 28.2 Å². The number of rotatable bonds is 3. The lowest BCUT2D eigenvalue weighted by atomic mass is 10.1. The van der Waals surface area contributed by atoms with E-state index in [1.807, 2.05) is 0 Å². The van der Waals surface area contributed by atoms with Gasteiger partial charge in [-0.25, -0.2) is 9.18 Å². The van der Waals surface area contributed by atoms with Crippen LogP contribution in [0.5, 0.6) is 0 Å². The van der Waals surface area contributed by atoms with Crippen molar-refractivity contribution in [1.82, 2.24) is 0 Å². The van der Waals surface area contributed by atoms with Gasteiger partial charge in [0.2, 0.25) is 0 Å². The maximum Gasteiger partial charge on any atom is 0.338 e. The fourth-order valence-corrected chi connectivity index (χ4v) is 3.03. The lowest BCUT2D eigenvalue weighted by molar-refractivity contribution is 0.0697. The lowest BCUT2D eigenvalue weighted by Gasteiger charge is -2.07. The Kier molecular flexibility index (Phi) is 4.09. The molecule has 0 bridgehead atoms. The molecular formula is C15H14FNO3S. The number of nitrogens with one attached hydrogen (secondary N) is 1. The van der Waals surface area contributed by atoms with Gasteiger partial charge in [0.1, 0.15) is 10.8 Å². The predicted octanol–water partition coefficient (Wildman–Crippen LogP) is 3.76. The quantitative estimate of drug-likeness (QED) is 0.907. The number of aryl methyl sites for hydroxylation is 2. The molecule has 0 aliphatic carbocycles. The van der Waals surface area contributed by atoms with Crippen LogP contribution in [0.1, 0.15) is 36.7 Å². The summed E-state index contributed by atoms with van der Waals surface area (Å²) in [6.07, 6.45) is 0. The molecule has 1 heterocycles. The first kappa shape index (κ1) is 15.2. The maximum atomic E-state index is 13.3. The average Bonchev–Trinajstić information content (AvgIpc) is 2.67. The topological polar surface area (TPSA) is 66.4 Å². The van der Waals surface area contributed by atoms with Crippen LogP contribution in [0.2, 0.25) is 0 Å². The third-order valence-corrected chi connectivity index (χ3v) is 4.39. The van der Waals surface area contributed by atoms with Crippen LogP contribution in [0.15, 0.2) is 18.2 Å². The average molecular weight is 307 g/mol. The molecular weight excluding hydrogens is 293 g/mol. The lowest BCUT2D eigenvalue weighted by Crippen LogP contribution is -2.15. The van der Waals surface area contributed by atoms with Gasteiger partial charge in [-0.05, 0) is 44.0 Å². The molecule has 6 heteroatoms. The summed E-state index contributed by atoms with van der Waals surface area (Å²) in [5.74, 6) is -2.12. The third-order valence-electron chi connectivity index (χ3n) is 3.27. The maximum absolute atomic E-state index is 13.3. The van der Waals surface area contributed by atoms with Crippen molar-refractivity contribution in [3.63, 3.8) is 0 Å². The summed E-state index contributed by atoms with van der Waals surface area (Å²) in [6, 6.07) is 3.92. The van der Waals surface area contributed by atoms with Gasteiger partial charge in [0.25, 0.3) is 5.91 Å². The van der Waals surface area contributed by atoms with Crippen molar-refractivity contribution in [3.8, 4) is 0 Å². The van der Waals surface area contributed by atoms with Crippen molar-refractivity contribution in [1.29, 1.82) is 0 Å². The zero-order valence-electron chi connectivity index (χ0n) is 11.8. The highest BCUT2D eigenvalue weighted by Gasteiger charge is 2.21. The zero-order valence-corrected chi connectivity index (χ0v) is 12.6. The standard InChI is InChI=1S/C15H14FNO3S/c1-7-4-5-10(16)6-11(7)13(18)17-14-12(15(19)20)8(2)9(3)21-14/h4-6H,1-3H3,(H,17,18)(H,19,20). The minimum absolute atomic E-state index is 0.0832. The number of thiophene rings is 1. The fraction of sp³-hybridized carbons (Fsp3) is 0.200. The molecule has 0 spiro atoms. The number of halogens is 1. The molecule has 2 rings (SSSR count). The van der Waals surface area contributed by atoms with Gasteiger partial charge in [-0.3, -0.25) is 4.79 Å². The molecule has 0 aliphatic rings. The molecule has 0 fully saturated rings.